The van der Waals surface area contributed by atoms with E-state index in [1.165, 1.54) is 41.5 Å². The SMILES string of the molecule is O=C(CS(=O)(=O)Cl)NC(Cn1c(-c2ccc(Cl)cc2)nn(Cc2ncn(-c3ncccc3Cl)n2)c1=O)C(F)(F)F. The molecule has 1 amide bonds. The molecule has 4 rings (SSSR count). The average molecular weight is 640 g/mol. The maximum absolute atomic E-state index is 13.9. The molecule has 212 valence electrons. The third kappa shape index (κ3) is 7.18. The Bertz CT molecular complexity index is 1700. The van der Waals surface area contributed by atoms with E-state index in [0.29, 0.717) is 9.59 Å². The predicted octanol–water partition coefficient (Wildman–Crippen LogP) is 2.66. The number of hydrogen-bond acceptors (Lipinski definition) is 8. The summed E-state index contributed by atoms with van der Waals surface area (Å²) in [6.45, 7) is -1.49. The fourth-order valence-corrected chi connectivity index (χ4v) is 4.51. The summed E-state index contributed by atoms with van der Waals surface area (Å²) in [5.74, 6) is -2.78. The van der Waals surface area contributed by atoms with Gasteiger partial charge in [-0.2, -0.15) is 13.2 Å². The molecule has 1 unspecified atom stereocenters. The van der Waals surface area contributed by atoms with Crippen LogP contribution in [0.1, 0.15) is 5.82 Å². The van der Waals surface area contributed by atoms with E-state index < -0.39 is 45.2 Å². The Morgan fingerprint density at radius 3 is 2.40 bits per heavy atom. The molecular weight excluding hydrogens is 624 g/mol. The Hall–Kier alpha value is -3.47. The summed E-state index contributed by atoms with van der Waals surface area (Å²) in [7, 11) is 0.550. The second kappa shape index (κ2) is 11.6. The first-order valence-electron chi connectivity index (χ1n) is 10.9. The summed E-state index contributed by atoms with van der Waals surface area (Å²) >= 11 is 12.0. The topological polar surface area (TPSA) is 147 Å². The van der Waals surface area contributed by atoms with E-state index in [1.54, 1.807) is 17.4 Å². The van der Waals surface area contributed by atoms with Gasteiger partial charge in [-0.1, -0.05) is 23.2 Å². The van der Waals surface area contributed by atoms with Crippen molar-refractivity contribution in [2.24, 2.45) is 0 Å². The number of carbonyl (C=O) groups excluding carboxylic acids is 1. The van der Waals surface area contributed by atoms with Crippen molar-refractivity contribution < 1.29 is 26.4 Å². The number of nitrogens with zero attached hydrogens (tertiary/aromatic N) is 7. The smallest absolute Gasteiger partial charge is 0.342 e. The van der Waals surface area contributed by atoms with Crippen molar-refractivity contribution in [3.8, 4) is 17.2 Å². The van der Waals surface area contributed by atoms with E-state index in [-0.39, 0.29) is 34.6 Å². The van der Waals surface area contributed by atoms with Gasteiger partial charge in [-0.25, -0.2) is 32.5 Å². The summed E-state index contributed by atoms with van der Waals surface area (Å²) in [4.78, 5) is 33.4. The molecule has 0 saturated heterocycles. The number of pyridine rings is 1. The molecule has 19 heteroatoms. The van der Waals surface area contributed by atoms with E-state index in [9.17, 15) is 31.2 Å². The Kier molecular flexibility index (Phi) is 8.53. The lowest BCUT2D eigenvalue weighted by atomic mass is 10.2. The molecule has 0 fully saturated rings. The molecule has 0 radical (unpaired) electrons. The highest BCUT2D eigenvalue weighted by atomic mass is 35.7. The van der Waals surface area contributed by atoms with Crippen LogP contribution in [0, 0.1) is 0 Å². The molecule has 0 aliphatic heterocycles. The summed E-state index contributed by atoms with van der Waals surface area (Å²) in [6, 6.07) is 6.28. The highest BCUT2D eigenvalue weighted by Gasteiger charge is 2.42. The van der Waals surface area contributed by atoms with Gasteiger partial charge in [0.05, 0.1) is 11.6 Å². The van der Waals surface area contributed by atoms with Crippen molar-refractivity contribution in [2.45, 2.75) is 25.3 Å². The zero-order valence-electron chi connectivity index (χ0n) is 19.8. The number of amides is 1. The van der Waals surface area contributed by atoms with Gasteiger partial charge in [0.25, 0.3) is 0 Å². The van der Waals surface area contributed by atoms with Crippen molar-refractivity contribution in [1.82, 2.24) is 39.4 Å². The lowest BCUT2D eigenvalue weighted by molar-refractivity contribution is -0.163. The normalized spacial score (nSPS) is 12.8. The monoisotopic (exact) mass is 638 g/mol. The largest absolute Gasteiger partial charge is 0.410 e. The van der Waals surface area contributed by atoms with Crippen LogP contribution in [0.15, 0.2) is 53.7 Å². The van der Waals surface area contributed by atoms with Crippen molar-refractivity contribution in [1.29, 1.82) is 0 Å². The molecule has 0 aliphatic carbocycles. The zero-order valence-corrected chi connectivity index (χ0v) is 22.8. The van der Waals surface area contributed by atoms with Gasteiger partial charge in [0.2, 0.25) is 15.0 Å². The van der Waals surface area contributed by atoms with Gasteiger partial charge >= 0.3 is 11.9 Å². The van der Waals surface area contributed by atoms with Crippen molar-refractivity contribution in [3.63, 3.8) is 0 Å². The van der Waals surface area contributed by atoms with Gasteiger partial charge in [0, 0.05) is 27.5 Å². The van der Waals surface area contributed by atoms with Crippen LogP contribution >= 0.6 is 33.9 Å². The maximum Gasteiger partial charge on any atom is 0.410 e. The molecule has 0 saturated carbocycles. The molecule has 1 N–H and O–H groups in total. The standard InChI is InChI=1S/C21H16Cl3F3N8O4S/c22-13-5-3-12(4-6-13)18-32-34(9-16-29-11-35(31-16)19-14(23)2-1-7-28-19)20(37)33(18)8-15(21(25,26)27)30-17(36)10-40(24,38)39/h1-7,11,15H,8-10H2,(H,30,36). The number of carbonyl (C=O) groups is 1. The highest BCUT2D eigenvalue weighted by Crippen LogP contribution is 2.24. The van der Waals surface area contributed by atoms with Crippen LogP contribution in [-0.2, 0) is 26.9 Å². The van der Waals surface area contributed by atoms with Crippen molar-refractivity contribution in [2.75, 3.05) is 5.75 Å². The van der Waals surface area contributed by atoms with E-state index in [1.807, 2.05) is 0 Å². The molecular formula is C21H16Cl3F3N8O4S. The van der Waals surface area contributed by atoms with Crippen LogP contribution in [0.4, 0.5) is 13.2 Å². The second-order valence-electron chi connectivity index (χ2n) is 8.14. The minimum atomic E-state index is -5.08. The molecule has 3 heterocycles. The fraction of sp³-hybridized carbons (Fsp3) is 0.238. The summed E-state index contributed by atoms with van der Waals surface area (Å²) in [5.41, 5.74) is -0.764. The maximum atomic E-state index is 13.9. The lowest BCUT2D eigenvalue weighted by Gasteiger charge is -2.22. The van der Waals surface area contributed by atoms with E-state index in [2.05, 4.69) is 20.2 Å². The van der Waals surface area contributed by atoms with Gasteiger partial charge in [0.15, 0.2) is 17.5 Å². The van der Waals surface area contributed by atoms with Crippen LogP contribution in [-0.4, -0.2) is 66.4 Å². The first-order valence-corrected chi connectivity index (χ1v) is 14.2. The fourth-order valence-electron chi connectivity index (χ4n) is 3.48. The van der Waals surface area contributed by atoms with Gasteiger partial charge in [-0.3, -0.25) is 9.36 Å². The van der Waals surface area contributed by atoms with Crippen LogP contribution in [0.3, 0.4) is 0 Å². The van der Waals surface area contributed by atoms with Crippen molar-refractivity contribution in [3.05, 3.63) is 75.3 Å². The van der Waals surface area contributed by atoms with Crippen LogP contribution in [0.2, 0.25) is 10.0 Å². The number of aromatic nitrogens is 7. The predicted molar refractivity (Wildman–Crippen MR) is 138 cm³/mol. The van der Waals surface area contributed by atoms with Crippen molar-refractivity contribution >= 4 is 48.8 Å². The Balaban J connectivity index is 1.71. The number of benzene rings is 1. The summed E-state index contributed by atoms with van der Waals surface area (Å²) in [6.07, 6.45) is -2.32. The number of rotatable bonds is 9. The zero-order chi connectivity index (χ0) is 29.2. The van der Waals surface area contributed by atoms with Gasteiger partial charge < -0.3 is 5.32 Å². The molecule has 0 spiro atoms. The molecule has 40 heavy (non-hydrogen) atoms. The Morgan fingerprint density at radius 2 is 1.77 bits per heavy atom. The third-order valence-corrected chi connectivity index (χ3v) is 6.69. The van der Waals surface area contributed by atoms with E-state index in [4.69, 9.17) is 33.9 Å². The van der Waals surface area contributed by atoms with Crippen LogP contribution < -0.4 is 11.0 Å². The molecule has 3 aromatic heterocycles. The molecule has 4 aromatic rings. The quantitative estimate of drug-likeness (QED) is 0.275. The molecule has 0 bridgehead atoms. The number of alkyl halides is 3. The summed E-state index contributed by atoms with van der Waals surface area (Å²) in [5, 5.41) is 10.5. The van der Waals surface area contributed by atoms with Gasteiger partial charge in [-0.05, 0) is 36.4 Å². The molecule has 1 aromatic carbocycles. The summed E-state index contributed by atoms with van der Waals surface area (Å²) < 4.78 is 66.7. The van der Waals surface area contributed by atoms with Gasteiger partial charge in [-0.15, -0.1) is 10.2 Å². The lowest BCUT2D eigenvalue weighted by Crippen LogP contribution is -2.50. The number of hydrogen-bond donors (Lipinski definition) is 1. The molecule has 0 aliphatic rings. The second-order valence-corrected chi connectivity index (χ2v) is 11.8. The van der Waals surface area contributed by atoms with Crippen LogP contribution in [0.25, 0.3) is 17.2 Å². The van der Waals surface area contributed by atoms with E-state index in [0.717, 1.165) is 4.68 Å². The first kappa shape index (κ1) is 29.5. The van der Waals surface area contributed by atoms with Crippen LogP contribution in [0.5, 0.6) is 0 Å². The Labute approximate surface area is 237 Å². The molecule has 1 atom stereocenters. The van der Waals surface area contributed by atoms with Gasteiger partial charge in [0.1, 0.15) is 24.7 Å². The number of halogens is 6. The highest BCUT2D eigenvalue weighted by molar-refractivity contribution is 8.14. The Morgan fingerprint density at radius 1 is 1.07 bits per heavy atom. The molecule has 12 nitrogen and oxygen atoms in total. The minimum Gasteiger partial charge on any atom is -0.342 e. The van der Waals surface area contributed by atoms with E-state index >= 15 is 0 Å². The average Bonchev–Trinajstić information content (AvgIpc) is 3.43. The first-order chi connectivity index (χ1) is 18.7. The third-order valence-electron chi connectivity index (χ3n) is 5.21. The minimum absolute atomic E-state index is 0.0594. The number of nitrogens with one attached hydrogen (secondary N) is 1.